The van der Waals surface area contributed by atoms with Gasteiger partial charge in [0.25, 0.3) is 0 Å². The molecule has 1 aliphatic carbocycles. The van der Waals surface area contributed by atoms with E-state index in [0.717, 1.165) is 0 Å². The van der Waals surface area contributed by atoms with Crippen LogP contribution in [0.2, 0.25) is 5.02 Å². The lowest BCUT2D eigenvalue weighted by molar-refractivity contribution is -0.118. The molecule has 6 nitrogen and oxygen atoms in total. The van der Waals surface area contributed by atoms with Crippen LogP contribution >= 0.6 is 11.6 Å². The minimum Gasteiger partial charge on any atom is -0.507 e. The van der Waals surface area contributed by atoms with Gasteiger partial charge in [-0.15, -0.1) is 0 Å². The van der Waals surface area contributed by atoms with Crippen molar-refractivity contribution in [3.8, 4) is 17.2 Å². The predicted octanol–water partition coefficient (Wildman–Crippen LogP) is 2.51. The summed E-state index contributed by atoms with van der Waals surface area (Å²) in [5.74, 6) is -1.06. The van der Waals surface area contributed by atoms with Gasteiger partial charge in [0.15, 0.2) is 17.3 Å². The maximum atomic E-state index is 13.0. The quantitative estimate of drug-likeness (QED) is 0.892. The Hall–Kier alpha value is -2.21. The smallest absolute Gasteiger partial charge is 0.231 e. The molecule has 0 saturated heterocycles. The van der Waals surface area contributed by atoms with E-state index in [0.29, 0.717) is 0 Å². The van der Waals surface area contributed by atoms with Crippen LogP contribution in [0.15, 0.2) is 17.9 Å². The van der Waals surface area contributed by atoms with Crippen LogP contribution in [-0.4, -0.2) is 36.5 Å². The molecule has 0 fully saturated rings. The van der Waals surface area contributed by atoms with Gasteiger partial charge in [0.2, 0.25) is 11.4 Å². The molecular formula is C16H15ClO6. The summed E-state index contributed by atoms with van der Waals surface area (Å²) >= 11 is 6.22. The third-order valence-corrected chi connectivity index (χ3v) is 4.65. The molecule has 1 aromatic carbocycles. The minimum absolute atomic E-state index is 0.0278. The van der Waals surface area contributed by atoms with E-state index >= 15 is 0 Å². The van der Waals surface area contributed by atoms with E-state index in [-0.39, 0.29) is 45.8 Å². The van der Waals surface area contributed by atoms with Crippen LogP contribution in [0.4, 0.5) is 0 Å². The van der Waals surface area contributed by atoms with Gasteiger partial charge >= 0.3 is 0 Å². The second kappa shape index (κ2) is 5.16. The summed E-state index contributed by atoms with van der Waals surface area (Å²) in [6, 6.07) is 1.26. The first-order chi connectivity index (χ1) is 10.9. The number of aromatic hydroxyl groups is 1. The Balaban J connectivity index is 2.24. The topological polar surface area (TPSA) is 82.1 Å². The second-order valence-electron chi connectivity index (χ2n) is 5.57. The molecule has 1 aliphatic heterocycles. The maximum absolute atomic E-state index is 13.0. The number of hydrogen-bond acceptors (Lipinski definition) is 6. The molecule has 3 rings (SSSR count). The molecule has 0 saturated carbocycles. The molecule has 23 heavy (non-hydrogen) atoms. The number of Topliss-reactive ketones (excluding diaryl/α,β-unsaturated/α-hetero) is 1. The van der Waals surface area contributed by atoms with Gasteiger partial charge in [-0.1, -0.05) is 18.5 Å². The number of hydrogen-bond donors (Lipinski definition) is 1. The number of ether oxygens (including phenoxy) is 3. The Bertz CT molecular complexity index is 753. The third-order valence-electron chi connectivity index (χ3n) is 4.29. The van der Waals surface area contributed by atoms with Crippen LogP contribution in [0.3, 0.4) is 0 Å². The molecule has 1 heterocycles. The molecule has 2 aliphatic rings. The monoisotopic (exact) mass is 338 g/mol. The third kappa shape index (κ3) is 1.94. The number of phenolic OH excluding ortho intramolecular Hbond substituents is 1. The second-order valence-corrected chi connectivity index (χ2v) is 5.95. The zero-order valence-corrected chi connectivity index (χ0v) is 13.6. The van der Waals surface area contributed by atoms with Crippen LogP contribution in [0, 0.1) is 5.92 Å². The van der Waals surface area contributed by atoms with Crippen LogP contribution < -0.4 is 9.47 Å². The van der Waals surface area contributed by atoms with Crippen molar-refractivity contribution in [3.05, 3.63) is 28.5 Å². The molecule has 1 unspecified atom stereocenters. The number of halogens is 1. The van der Waals surface area contributed by atoms with E-state index < -0.39 is 17.3 Å². The fourth-order valence-electron chi connectivity index (χ4n) is 3.15. The molecule has 1 spiro atoms. The number of benzene rings is 1. The first kappa shape index (κ1) is 15.7. The zero-order chi connectivity index (χ0) is 16.9. The minimum atomic E-state index is -1.50. The van der Waals surface area contributed by atoms with Crippen molar-refractivity contribution in [1.29, 1.82) is 0 Å². The molecule has 7 heteroatoms. The number of fused-ring (bicyclic) bond motifs is 1. The maximum Gasteiger partial charge on any atom is 0.231 e. The number of methoxy groups -OCH3 is 2. The molecule has 0 aromatic heterocycles. The largest absolute Gasteiger partial charge is 0.507 e. The van der Waals surface area contributed by atoms with Gasteiger partial charge in [0.05, 0.1) is 14.2 Å². The Morgan fingerprint density at radius 1 is 1.35 bits per heavy atom. The van der Waals surface area contributed by atoms with Gasteiger partial charge in [0.1, 0.15) is 22.1 Å². The van der Waals surface area contributed by atoms with Gasteiger partial charge in [-0.3, -0.25) is 9.59 Å². The fourth-order valence-corrected chi connectivity index (χ4v) is 3.42. The van der Waals surface area contributed by atoms with Gasteiger partial charge < -0.3 is 19.3 Å². The first-order valence-electron chi connectivity index (χ1n) is 6.99. The number of rotatable bonds is 2. The Morgan fingerprint density at radius 3 is 2.65 bits per heavy atom. The van der Waals surface area contributed by atoms with Crippen molar-refractivity contribution in [1.82, 2.24) is 0 Å². The molecule has 1 N–H and O–H groups in total. The average Bonchev–Trinajstić information content (AvgIpc) is 2.82. The fraction of sp³-hybridized carbons (Fsp3) is 0.375. The van der Waals surface area contributed by atoms with Crippen LogP contribution in [0.1, 0.15) is 23.7 Å². The highest BCUT2D eigenvalue weighted by Gasteiger charge is 2.59. The van der Waals surface area contributed by atoms with Crippen molar-refractivity contribution in [2.45, 2.75) is 18.9 Å². The summed E-state index contributed by atoms with van der Waals surface area (Å²) in [6.45, 7) is 1.72. The van der Waals surface area contributed by atoms with E-state index in [1.807, 2.05) is 0 Å². The molecule has 0 bridgehead atoms. The van der Waals surface area contributed by atoms with E-state index in [4.69, 9.17) is 25.8 Å². The summed E-state index contributed by atoms with van der Waals surface area (Å²) in [5.41, 5.74) is -1.53. The Kier molecular flexibility index (Phi) is 3.52. The highest BCUT2D eigenvalue weighted by molar-refractivity contribution is 6.35. The SMILES string of the molecule is COC1=CC(=O)CC(C)[C@]12Oc1c(Cl)c(OC)cc(O)c1C2=O. The van der Waals surface area contributed by atoms with Crippen molar-refractivity contribution >= 4 is 23.2 Å². The van der Waals surface area contributed by atoms with Crippen molar-refractivity contribution in [2.24, 2.45) is 5.92 Å². The predicted molar refractivity (Wildman–Crippen MR) is 81.2 cm³/mol. The lowest BCUT2D eigenvalue weighted by Gasteiger charge is -2.36. The normalized spacial score (nSPS) is 25.9. The highest BCUT2D eigenvalue weighted by Crippen LogP contribution is 2.54. The Labute approximate surface area is 137 Å². The van der Waals surface area contributed by atoms with E-state index in [2.05, 4.69) is 0 Å². The molecular weight excluding hydrogens is 324 g/mol. The van der Waals surface area contributed by atoms with E-state index in [9.17, 15) is 14.7 Å². The summed E-state index contributed by atoms with van der Waals surface area (Å²) in [7, 11) is 2.75. The van der Waals surface area contributed by atoms with Crippen molar-refractivity contribution in [3.63, 3.8) is 0 Å². The molecule has 0 amide bonds. The number of phenols is 1. The first-order valence-corrected chi connectivity index (χ1v) is 7.36. The molecule has 2 atom stereocenters. The molecule has 1 aromatic rings. The van der Waals surface area contributed by atoms with Crippen LogP contribution in [0.25, 0.3) is 0 Å². The number of carbonyl (C=O) groups excluding carboxylic acids is 2. The van der Waals surface area contributed by atoms with Gasteiger partial charge in [-0.25, -0.2) is 0 Å². The van der Waals surface area contributed by atoms with Crippen molar-refractivity contribution < 1.29 is 28.9 Å². The summed E-state index contributed by atoms with van der Waals surface area (Å²) in [6.07, 6.45) is 1.38. The van der Waals surface area contributed by atoms with Gasteiger partial charge in [0, 0.05) is 24.5 Å². The molecule has 122 valence electrons. The van der Waals surface area contributed by atoms with E-state index in [1.165, 1.54) is 26.4 Å². The van der Waals surface area contributed by atoms with Crippen LogP contribution in [0.5, 0.6) is 17.2 Å². The lowest BCUT2D eigenvalue weighted by atomic mass is 9.75. The lowest BCUT2D eigenvalue weighted by Crippen LogP contribution is -2.51. The zero-order valence-electron chi connectivity index (χ0n) is 12.8. The standard InChI is InChI=1S/C16H15ClO6/c1-7-4-8(18)5-11(22-3)16(7)15(20)12-9(19)6-10(21-2)13(17)14(12)23-16/h5-7,19H,4H2,1-3H3/t7?,16-/m0/s1. The summed E-state index contributed by atoms with van der Waals surface area (Å²) in [5, 5.41) is 10.3. The average molecular weight is 339 g/mol. The van der Waals surface area contributed by atoms with Crippen LogP contribution in [-0.2, 0) is 9.53 Å². The van der Waals surface area contributed by atoms with Crippen molar-refractivity contribution in [2.75, 3.05) is 14.2 Å². The highest BCUT2D eigenvalue weighted by atomic mass is 35.5. The Morgan fingerprint density at radius 2 is 2.04 bits per heavy atom. The molecule has 0 radical (unpaired) electrons. The summed E-state index contributed by atoms with van der Waals surface area (Å²) < 4.78 is 16.2. The summed E-state index contributed by atoms with van der Waals surface area (Å²) in [4.78, 5) is 24.8. The number of ketones is 2. The van der Waals surface area contributed by atoms with Gasteiger partial charge in [-0.2, -0.15) is 0 Å². The van der Waals surface area contributed by atoms with E-state index in [1.54, 1.807) is 6.92 Å². The number of allylic oxidation sites excluding steroid dienone is 1. The number of carbonyl (C=O) groups is 2. The van der Waals surface area contributed by atoms with Gasteiger partial charge in [-0.05, 0) is 0 Å².